The van der Waals surface area contributed by atoms with Crippen molar-refractivity contribution in [2.75, 3.05) is 6.54 Å². The van der Waals surface area contributed by atoms with Gasteiger partial charge in [-0.3, -0.25) is 0 Å². The van der Waals surface area contributed by atoms with E-state index in [9.17, 15) is 4.79 Å². The van der Waals surface area contributed by atoms with Crippen LogP contribution in [-0.4, -0.2) is 18.2 Å². The summed E-state index contributed by atoms with van der Waals surface area (Å²) < 4.78 is 5.19. The van der Waals surface area contributed by atoms with Gasteiger partial charge >= 0.3 is 6.09 Å². The summed E-state index contributed by atoms with van der Waals surface area (Å²) in [5.41, 5.74) is -0.433. The largest absolute Gasteiger partial charge is 0.444 e. The van der Waals surface area contributed by atoms with Crippen LogP contribution in [0.1, 0.15) is 46.5 Å². The summed E-state index contributed by atoms with van der Waals surface area (Å²) in [6.07, 6.45) is 9.56. The van der Waals surface area contributed by atoms with E-state index in [1.165, 1.54) is 0 Å². The molecule has 1 rings (SSSR count). The molecule has 3 nitrogen and oxygen atoms in total. The third-order valence-corrected chi connectivity index (χ3v) is 2.95. The second-order valence-electron chi connectivity index (χ2n) is 5.78. The normalized spacial score (nSPS) is 24.8. The highest BCUT2D eigenvalue weighted by Crippen LogP contribution is 2.27. The molecule has 2 atom stereocenters. The zero-order valence-corrected chi connectivity index (χ0v) is 11.1. The van der Waals surface area contributed by atoms with E-state index in [0.29, 0.717) is 18.4 Å². The smallest absolute Gasteiger partial charge is 0.407 e. The highest BCUT2D eigenvalue weighted by atomic mass is 16.6. The topological polar surface area (TPSA) is 38.3 Å². The van der Waals surface area contributed by atoms with Gasteiger partial charge in [-0.25, -0.2) is 4.79 Å². The number of terminal acetylenes is 1. The number of rotatable bonds is 2. The van der Waals surface area contributed by atoms with Crippen molar-refractivity contribution in [3.05, 3.63) is 0 Å². The van der Waals surface area contributed by atoms with Gasteiger partial charge in [0.15, 0.2) is 0 Å². The van der Waals surface area contributed by atoms with Crippen molar-refractivity contribution in [2.45, 2.75) is 52.1 Å². The van der Waals surface area contributed by atoms with Crippen molar-refractivity contribution in [3.63, 3.8) is 0 Å². The zero-order chi connectivity index (χ0) is 12.9. The minimum absolute atomic E-state index is 0.333. The highest BCUT2D eigenvalue weighted by Gasteiger charge is 2.22. The molecule has 0 spiro atoms. The maximum absolute atomic E-state index is 11.5. The number of carbonyl (C=O) groups is 1. The Balaban J connectivity index is 2.26. The molecule has 0 saturated heterocycles. The Hall–Kier alpha value is -1.17. The molecule has 0 aliphatic heterocycles. The van der Waals surface area contributed by atoms with Gasteiger partial charge in [-0.05, 0) is 46.0 Å². The first-order valence-electron chi connectivity index (χ1n) is 6.33. The maximum Gasteiger partial charge on any atom is 0.407 e. The molecule has 1 fully saturated rings. The molecule has 0 radical (unpaired) electrons. The van der Waals surface area contributed by atoms with E-state index >= 15 is 0 Å². The van der Waals surface area contributed by atoms with Crippen LogP contribution in [0.2, 0.25) is 0 Å². The predicted octanol–water partition coefficient (Wildman–Crippen LogP) is 2.95. The molecule has 1 aliphatic carbocycles. The number of ether oxygens (including phenoxy) is 1. The molecule has 1 amide bonds. The summed E-state index contributed by atoms with van der Waals surface area (Å²) in [6.45, 7) is 6.26. The molecule has 17 heavy (non-hydrogen) atoms. The quantitative estimate of drug-likeness (QED) is 0.750. The van der Waals surface area contributed by atoms with Crippen LogP contribution in [0.15, 0.2) is 0 Å². The minimum atomic E-state index is -0.433. The lowest BCUT2D eigenvalue weighted by molar-refractivity contribution is 0.0514. The van der Waals surface area contributed by atoms with Crippen molar-refractivity contribution < 1.29 is 9.53 Å². The third kappa shape index (κ3) is 5.63. The molecule has 0 aromatic rings. The van der Waals surface area contributed by atoms with Crippen LogP contribution in [0, 0.1) is 24.2 Å². The first kappa shape index (κ1) is 13.9. The summed E-state index contributed by atoms with van der Waals surface area (Å²) in [5.74, 6) is 3.70. The number of hydrogen-bond donors (Lipinski definition) is 1. The van der Waals surface area contributed by atoms with E-state index in [1.54, 1.807) is 0 Å². The van der Waals surface area contributed by atoms with E-state index in [1.807, 2.05) is 20.8 Å². The molecule has 96 valence electrons. The van der Waals surface area contributed by atoms with E-state index in [-0.39, 0.29) is 6.09 Å². The molecule has 0 bridgehead atoms. The van der Waals surface area contributed by atoms with Gasteiger partial charge in [-0.15, -0.1) is 12.3 Å². The van der Waals surface area contributed by atoms with Gasteiger partial charge in [-0.1, -0.05) is 6.42 Å². The van der Waals surface area contributed by atoms with E-state index in [0.717, 1.165) is 25.7 Å². The van der Waals surface area contributed by atoms with Crippen LogP contribution < -0.4 is 5.32 Å². The number of nitrogens with one attached hydrogen (secondary N) is 1. The Kier molecular flexibility index (Phi) is 4.86. The lowest BCUT2D eigenvalue weighted by Crippen LogP contribution is -2.36. The highest BCUT2D eigenvalue weighted by molar-refractivity contribution is 5.67. The Morgan fingerprint density at radius 3 is 2.76 bits per heavy atom. The lowest BCUT2D eigenvalue weighted by Gasteiger charge is -2.27. The standard InChI is InChI=1S/C14H23NO2/c1-5-11-7-6-8-12(9-11)10-15-13(16)17-14(2,3)4/h1,11-12H,6-10H2,2-4H3,(H,15,16)/t11-,12+/m0/s1. The van der Waals surface area contributed by atoms with Gasteiger partial charge in [0.25, 0.3) is 0 Å². The fraction of sp³-hybridized carbons (Fsp3) is 0.786. The summed E-state index contributed by atoms with van der Waals surface area (Å²) in [6, 6.07) is 0. The average Bonchev–Trinajstić information content (AvgIpc) is 2.24. The third-order valence-electron chi connectivity index (χ3n) is 2.95. The van der Waals surface area contributed by atoms with Crippen LogP contribution >= 0.6 is 0 Å². The summed E-state index contributed by atoms with van der Waals surface area (Å²) in [4.78, 5) is 11.5. The fourth-order valence-electron chi connectivity index (χ4n) is 2.17. The average molecular weight is 237 g/mol. The molecule has 0 aromatic heterocycles. The molecular weight excluding hydrogens is 214 g/mol. The van der Waals surface area contributed by atoms with Gasteiger partial charge in [0.1, 0.15) is 5.60 Å². The molecule has 1 saturated carbocycles. The van der Waals surface area contributed by atoms with Gasteiger partial charge in [0.05, 0.1) is 0 Å². The Morgan fingerprint density at radius 2 is 2.18 bits per heavy atom. The predicted molar refractivity (Wildman–Crippen MR) is 68.5 cm³/mol. The monoisotopic (exact) mass is 237 g/mol. The van der Waals surface area contributed by atoms with E-state index in [4.69, 9.17) is 11.2 Å². The van der Waals surface area contributed by atoms with Gasteiger partial charge in [0.2, 0.25) is 0 Å². The SMILES string of the molecule is C#C[C@H]1CCC[C@@H](CNC(=O)OC(C)(C)C)C1. The van der Waals surface area contributed by atoms with E-state index in [2.05, 4.69) is 11.2 Å². The number of hydrogen-bond acceptors (Lipinski definition) is 2. The second kappa shape index (κ2) is 5.95. The Bertz CT molecular complexity index is 298. The van der Waals surface area contributed by atoms with Gasteiger partial charge < -0.3 is 10.1 Å². The molecule has 1 aliphatic rings. The molecule has 3 heteroatoms. The summed E-state index contributed by atoms with van der Waals surface area (Å²) in [7, 11) is 0. The lowest BCUT2D eigenvalue weighted by atomic mass is 9.82. The Morgan fingerprint density at radius 1 is 1.47 bits per heavy atom. The summed E-state index contributed by atoms with van der Waals surface area (Å²) in [5, 5.41) is 2.82. The van der Waals surface area contributed by atoms with Gasteiger partial charge in [0, 0.05) is 12.5 Å². The Labute approximate surface area is 104 Å². The van der Waals surface area contributed by atoms with E-state index < -0.39 is 5.60 Å². The molecule has 1 N–H and O–H groups in total. The number of carbonyl (C=O) groups excluding carboxylic acids is 1. The van der Waals surface area contributed by atoms with Crippen LogP contribution in [0.25, 0.3) is 0 Å². The summed E-state index contributed by atoms with van der Waals surface area (Å²) >= 11 is 0. The molecule has 0 unspecified atom stereocenters. The fourth-order valence-corrected chi connectivity index (χ4v) is 2.17. The minimum Gasteiger partial charge on any atom is -0.444 e. The number of alkyl carbamates (subject to hydrolysis) is 1. The van der Waals surface area contributed by atoms with Crippen LogP contribution in [0.4, 0.5) is 4.79 Å². The van der Waals surface area contributed by atoms with Crippen molar-refractivity contribution in [3.8, 4) is 12.3 Å². The first-order chi connectivity index (χ1) is 7.90. The van der Waals surface area contributed by atoms with Crippen molar-refractivity contribution in [1.82, 2.24) is 5.32 Å². The molecule has 0 heterocycles. The van der Waals surface area contributed by atoms with Gasteiger partial charge in [-0.2, -0.15) is 0 Å². The zero-order valence-electron chi connectivity index (χ0n) is 11.1. The maximum atomic E-state index is 11.5. The molecular formula is C14H23NO2. The van der Waals surface area contributed by atoms with Crippen LogP contribution in [0.3, 0.4) is 0 Å². The van der Waals surface area contributed by atoms with Crippen molar-refractivity contribution in [1.29, 1.82) is 0 Å². The first-order valence-corrected chi connectivity index (χ1v) is 6.33. The van der Waals surface area contributed by atoms with Crippen molar-refractivity contribution in [2.24, 2.45) is 11.8 Å². The second-order valence-corrected chi connectivity index (χ2v) is 5.78. The van der Waals surface area contributed by atoms with Crippen LogP contribution in [-0.2, 0) is 4.74 Å². The molecule has 0 aromatic carbocycles. The van der Waals surface area contributed by atoms with Crippen molar-refractivity contribution >= 4 is 6.09 Å². The van der Waals surface area contributed by atoms with Crippen LogP contribution in [0.5, 0.6) is 0 Å². The number of amides is 1.